The molecule has 0 atom stereocenters. The first kappa shape index (κ1) is 7.45. The molecule has 62 valence electrons. The Morgan fingerprint density at radius 3 is 3.08 bits per heavy atom. The standard InChI is InChI=1S/C7H7N3OS/c8-4-6-9-7(10-11-6)5-2-1-3-12-5/h1-3H,4,8H2. The second-order valence-corrected chi connectivity index (χ2v) is 3.14. The van der Waals surface area contributed by atoms with Crippen LogP contribution < -0.4 is 5.73 Å². The van der Waals surface area contributed by atoms with Crippen LogP contribution in [0.4, 0.5) is 0 Å². The summed E-state index contributed by atoms with van der Waals surface area (Å²) in [5, 5.41) is 5.74. The van der Waals surface area contributed by atoms with E-state index in [-0.39, 0.29) is 0 Å². The molecule has 2 rings (SSSR count). The molecule has 0 aromatic carbocycles. The number of thiophene rings is 1. The van der Waals surface area contributed by atoms with Crippen LogP contribution >= 0.6 is 11.3 Å². The van der Waals surface area contributed by atoms with E-state index < -0.39 is 0 Å². The van der Waals surface area contributed by atoms with E-state index in [2.05, 4.69) is 10.1 Å². The molecular weight excluding hydrogens is 174 g/mol. The summed E-state index contributed by atoms with van der Waals surface area (Å²) in [7, 11) is 0. The van der Waals surface area contributed by atoms with Crippen molar-refractivity contribution in [2.24, 2.45) is 5.73 Å². The molecule has 2 aromatic rings. The summed E-state index contributed by atoms with van der Waals surface area (Å²) in [5.74, 6) is 1.09. The molecule has 0 aliphatic carbocycles. The van der Waals surface area contributed by atoms with Crippen molar-refractivity contribution in [2.45, 2.75) is 6.54 Å². The van der Waals surface area contributed by atoms with Gasteiger partial charge in [-0.3, -0.25) is 0 Å². The van der Waals surface area contributed by atoms with E-state index in [0.29, 0.717) is 18.3 Å². The molecule has 0 radical (unpaired) electrons. The first-order valence-corrected chi connectivity index (χ1v) is 4.34. The molecule has 5 heteroatoms. The summed E-state index contributed by atoms with van der Waals surface area (Å²) in [5.41, 5.74) is 5.32. The third kappa shape index (κ3) is 1.24. The monoisotopic (exact) mass is 181 g/mol. The smallest absolute Gasteiger partial charge is 0.240 e. The first-order valence-electron chi connectivity index (χ1n) is 3.46. The molecule has 0 aliphatic heterocycles. The number of aromatic nitrogens is 2. The Hall–Kier alpha value is -1.20. The number of nitrogens with zero attached hydrogens (tertiary/aromatic N) is 2. The van der Waals surface area contributed by atoms with Gasteiger partial charge in [0.05, 0.1) is 11.4 Å². The van der Waals surface area contributed by atoms with Gasteiger partial charge in [0.2, 0.25) is 11.7 Å². The van der Waals surface area contributed by atoms with Crippen LogP contribution in [-0.2, 0) is 6.54 Å². The van der Waals surface area contributed by atoms with Gasteiger partial charge in [-0.15, -0.1) is 11.3 Å². The minimum Gasteiger partial charge on any atom is -0.338 e. The molecule has 4 nitrogen and oxygen atoms in total. The quantitative estimate of drug-likeness (QED) is 0.757. The molecule has 0 amide bonds. The summed E-state index contributed by atoms with van der Waals surface area (Å²) >= 11 is 1.57. The summed E-state index contributed by atoms with van der Waals surface area (Å²) in [6.45, 7) is 0.290. The van der Waals surface area contributed by atoms with Crippen LogP contribution in [0, 0.1) is 0 Å². The highest BCUT2D eigenvalue weighted by Gasteiger charge is 2.06. The zero-order valence-corrected chi connectivity index (χ0v) is 7.04. The molecule has 0 spiro atoms. The molecule has 2 N–H and O–H groups in total. The van der Waals surface area contributed by atoms with Crippen LogP contribution in [0.1, 0.15) is 5.89 Å². The van der Waals surface area contributed by atoms with E-state index in [0.717, 1.165) is 4.88 Å². The third-order valence-corrected chi connectivity index (χ3v) is 2.25. The second-order valence-electron chi connectivity index (χ2n) is 2.19. The number of rotatable bonds is 2. The molecular formula is C7H7N3OS. The highest BCUT2D eigenvalue weighted by Crippen LogP contribution is 2.20. The van der Waals surface area contributed by atoms with Crippen molar-refractivity contribution in [3.63, 3.8) is 0 Å². The maximum Gasteiger partial charge on any atom is 0.240 e. The highest BCUT2D eigenvalue weighted by molar-refractivity contribution is 7.13. The van der Waals surface area contributed by atoms with Crippen LogP contribution in [0.25, 0.3) is 10.7 Å². The van der Waals surface area contributed by atoms with Gasteiger partial charge in [-0.25, -0.2) is 0 Å². The molecule has 0 aliphatic rings. The molecule has 0 saturated carbocycles. The number of hydrogen-bond donors (Lipinski definition) is 1. The molecule has 0 fully saturated rings. The molecule has 2 heterocycles. The predicted molar refractivity (Wildman–Crippen MR) is 45.5 cm³/mol. The summed E-state index contributed by atoms with van der Waals surface area (Å²) in [4.78, 5) is 5.08. The minimum atomic E-state index is 0.290. The molecule has 2 aromatic heterocycles. The summed E-state index contributed by atoms with van der Waals surface area (Å²) in [6, 6.07) is 3.88. The van der Waals surface area contributed by atoms with Crippen LogP contribution in [-0.4, -0.2) is 10.1 Å². The van der Waals surface area contributed by atoms with Crippen LogP contribution in [0.15, 0.2) is 22.0 Å². The van der Waals surface area contributed by atoms with Gasteiger partial charge in [0.1, 0.15) is 0 Å². The SMILES string of the molecule is NCc1nc(-c2cccs2)no1. The van der Waals surface area contributed by atoms with E-state index in [1.165, 1.54) is 0 Å². The fourth-order valence-corrected chi connectivity index (χ4v) is 1.49. The van der Waals surface area contributed by atoms with E-state index >= 15 is 0 Å². The lowest BCUT2D eigenvalue weighted by atomic mass is 10.4. The zero-order chi connectivity index (χ0) is 8.39. The maximum absolute atomic E-state index is 5.32. The van der Waals surface area contributed by atoms with E-state index in [9.17, 15) is 0 Å². The minimum absolute atomic E-state index is 0.290. The van der Waals surface area contributed by atoms with Gasteiger partial charge in [0.25, 0.3) is 0 Å². The molecule has 0 bridgehead atoms. The van der Waals surface area contributed by atoms with Gasteiger partial charge in [0.15, 0.2) is 0 Å². The van der Waals surface area contributed by atoms with Crippen molar-refractivity contribution in [2.75, 3.05) is 0 Å². The fourth-order valence-electron chi connectivity index (χ4n) is 0.844. The van der Waals surface area contributed by atoms with Gasteiger partial charge >= 0.3 is 0 Å². The normalized spacial score (nSPS) is 10.4. The van der Waals surface area contributed by atoms with Gasteiger partial charge in [-0.1, -0.05) is 11.2 Å². The Balaban J connectivity index is 2.35. The largest absolute Gasteiger partial charge is 0.338 e. The van der Waals surface area contributed by atoms with E-state index in [1.807, 2.05) is 17.5 Å². The summed E-state index contributed by atoms with van der Waals surface area (Å²) < 4.78 is 4.86. The molecule has 12 heavy (non-hydrogen) atoms. The second kappa shape index (κ2) is 3.04. The van der Waals surface area contributed by atoms with Gasteiger partial charge < -0.3 is 10.3 Å². The van der Waals surface area contributed by atoms with Crippen molar-refractivity contribution in [1.82, 2.24) is 10.1 Å². The van der Waals surface area contributed by atoms with Crippen molar-refractivity contribution in [3.8, 4) is 10.7 Å². The van der Waals surface area contributed by atoms with Crippen LogP contribution in [0.2, 0.25) is 0 Å². The fraction of sp³-hybridized carbons (Fsp3) is 0.143. The van der Waals surface area contributed by atoms with E-state index in [1.54, 1.807) is 11.3 Å². The zero-order valence-electron chi connectivity index (χ0n) is 6.23. The van der Waals surface area contributed by atoms with E-state index in [4.69, 9.17) is 10.3 Å². The average Bonchev–Trinajstić information content (AvgIpc) is 2.75. The van der Waals surface area contributed by atoms with Crippen LogP contribution in [0.3, 0.4) is 0 Å². The third-order valence-electron chi connectivity index (χ3n) is 1.38. The van der Waals surface area contributed by atoms with Gasteiger partial charge in [0, 0.05) is 0 Å². The average molecular weight is 181 g/mol. The Bertz CT molecular complexity index is 354. The van der Waals surface area contributed by atoms with Gasteiger partial charge in [-0.05, 0) is 11.4 Å². The first-order chi connectivity index (χ1) is 5.90. The van der Waals surface area contributed by atoms with Crippen LogP contribution in [0.5, 0.6) is 0 Å². The Morgan fingerprint density at radius 2 is 2.50 bits per heavy atom. The summed E-state index contributed by atoms with van der Waals surface area (Å²) in [6.07, 6.45) is 0. The van der Waals surface area contributed by atoms with Crippen molar-refractivity contribution in [3.05, 3.63) is 23.4 Å². The Morgan fingerprint density at radius 1 is 1.58 bits per heavy atom. The van der Waals surface area contributed by atoms with Crippen molar-refractivity contribution < 1.29 is 4.52 Å². The lowest BCUT2D eigenvalue weighted by Gasteiger charge is -1.81. The van der Waals surface area contributed by atoms with Gasteiger partial charge in [-0.2, -0.15) is 4.98 Å². The Kier molecular flexibility index (Phi) is 1.89. The lowest BCUT2D eigenvalue weighted by molar-refractivity contribution is 0.380. The maximum atomic E-state index is 5.32. The molecule has 0 saturated heterocycles. The number of nitrogens with two attached hydrogens (primary N) is 1. The molecule has 0 unspecified atom stereocenters. The number of hydrogen-bond acceptors (Lipinski definition) is 5. The van der Waals surface area contributed by atoms with Crippen molar-refractivity contribution in [1.29, 1.82) is 0 Å². The lowest BCUT2D eigenvalue weighted by Crippen LogP contribution is -1.95. The predicted octanol–water partition coefficient (Wildman–Crippen LogP) is 1.26. The van der Waals surface area contributed by atoms with Crippen molar-refractivity contribution >= 4 is 11.3 Å². The topological polar surface area (TPSA) is 64.9 Å². The highest BCUT2D eigenvalue weighted by atomic mass is 32.1. The Labute approximate surface area is 73.0 Å².